The first-order valence-corrected chi connectivity index (χ1v) is 13.5. The van der Waals surface area contributed by atoms with Gasteiger partial charge < -0.3 is 0 Å². The number of nitrogens with zero attached hydrogens (tertiary/aromatic N) is 4. The van der Waals surface area contributed by atoms with Gasteiger partial charge in [-0.1, -0.05) is 67.7 Å². The number of fused-ring (bicyclic) bond motifs is 5. The van der Waals surface area contributed by atoms with Gasteiger partial charge in [0, 0.05) is 16.4 Å². The Labute approximate surface area is 189 Å². The molecule has 5 rings (SSSR count). The lowest BCUT2D eigenvalue weighted by molar-refractivity contribution is 0.602. The molecule has 0 N–H and O–H groups in total. The molecule has 1 aliphatic carbocycles. The average molecular weight is 455 g/mol. The summed E-state index contributed by atoms with van der Waals surface area (Å²) in [5.41, 5.74) is 3.85. The third-order valence-electron chi connectivity index (χ3n) is 5.68. The van der Waals surface area contributed by atoms with E-state index in [1.54, 1.807) is 11.8 Å². The van der Waals surface area contributed by atoms with Crippen LogP contribution in [-0.2, 0) is 12.8 Å². The van der Waals surface area contributed by atoms with Crippen molar-refractivity contribution >= 4 is 50.7 Å². The van der Waals surface area contributed by atoms with Crippen molar-refractivity contribution in [1.82, 2.24) is 19.6 Å². The van der Waals surface area contributed by atoms with Crippen LogP contribution in [0.4, 0.5) is 0 Å². The van der Waals surface area contributed by atoms with Crippen molar-refractivity contribution in [1.29, 1.82) is 0 Å². The van der Waals surface area contributed by atoms with Gasteiger partial charge in [-0.05, 0) is 49.1 Å². The number of aromatic nitrogens is 4. The van der Waals surface area contributed by atoms with E-state index in [0.717, 1.165) is 45.1 Å². The maximum Gasteiger partial charge on any atom is 0.197 e. The van der Waals surface area contributed by atoms with Gasteiger partial charge in [-0.2, -0.15) is 0 Å². The molecule has 0 saturated heterocycles. The zero-order chi connectivity index (χ0) is 20.5. The van der Waals surface area contributed by atoms with Gasteiger partial charge in [0.15, 0.2) is 16.0 Å². The lowest BCUT2D eigenvalue weighted by Crippen LogP contribution is -2.05. The van der Waals surface area contributed by atoms with E-state index in [4.69, 9.17) is 10.1 Å². The molecule has 0 bridgehead atoms. The zero-order valence-corrected chi connectivity index (χ0v) is 19.9. The van der Waals surface area contributed by atoms with Crippen LogP contribution < -0.4 is 0 Å². The summed E-state index contributed by atoms with van der Waals surface area (Å²) >= 11 is 5.49. The first-order valence-electron chi connectivity index (χ1n) is 10.8. The smallest absolute Gasteiger partial charge is 0.197 e. The number of thioether (sulfide) groups is 2. The van der Waals surface area contributed by atoms with Gasteiger partial charge in [-0.25, -0.2) is 9.38 Å². The molecule has 156 valence electrons. The highest BCUT2D eigenvalue weighted by Gasteiger charge is 2.27. The first-order chi connectivity index (χ1) is 14.8. The van der Waals surface area contributed by atoms with Crippen molar-refractivity contribution in [2.45, 2.75) is 62.2 Å². The van der Waals surface area contributed by atoms with E-state index in [-0.39, 0.29) is 0 Å². The molecule has 0 fully saturated rings. The summed E-state index contributed by atoms with van der Waals surface area (Å²) in [5.74, 6) is 2.62. The van der Waals surface area contributed by atoms with E-state index < -0.39 is 0 Å². The Hall–Kier alpha value is -1.57. The van der Waals surface area contributed by atoms with E-state index in [9.17, 15) is 0 Å². The molecule has 1 aliphatic rings. The number of aryl methyl sites for hydroxylation is 2. The first kappa shape index (κ1) is 20.3. The van der Waals surface area contributed by atoms with Crippen LogP contribution in [0.5, 0.6) is 0 Å². The van der Waals surface area contributed by atoms with E-state index >= 15 is 0 Å². The quantitative estimate of drug-likeness (QED) is 0.232. The standard InChI is InChI=1S/C23H26N4S3/c1-3-13-28-22-24-21-19(18-15(2)8-7-11-17(18)30-21)20-25-26-23(27(20)22)29-14-12-16-9-5-4-6-10-16/h4-6,9-10,15H,3,7-8,11-14H2,1-2H3/t15-/m0/s1. The molecule has 0 aliphatic heterocycles. The van der Waals surface area contributed by atoms with Crippen LogP contribution in [-0.4, -0.2) is 31.1 Å². The van der Waals surface area contributed by atoms with E-state index in [0.29, 0.717) is 5.92 Å². The van der Waals surface area contributed by atoms with Crippen molar-refractivity contribution < 1.29 is 0 Å². The zero-order valence-electron chi connectivity index (χ0n) is 17.4. The molecule has 4 aromatic rings. The van der Waals surface area contributed by atoms with Crippen LogP contribution in [0.15, 0.2) is 40.6 Å². The Balaban J connectivity index is 1.56. The van der Waals surface area contributed by atoms with Gasteiger partial charge in [0.25, 0.3) is 0 Å². The fourth-order valence-electron chi connectivity index (χ4n) is 4.22. The normalized spacial score (nSPS) is 16.4. The summed E-state index contributed by atoms with van der Waals surface area (Å²) in [7, 11) is 0. The highest BCUT2D eigenvalue weighted by molar-refractivity contribution is 7.99. The molecule has 3 heterocycles. The predicted octanol–water partition coefficient (Wildman–Crippen LogP) is 6.62. The summed E-state index contributed by atoms with van der Waals surface area (Å²) in [6.45, 7) is 4.57. The Kier molecular flexibility index (Phi) is 6.03. The van der Waals surface area contributed by atoms with Gasteiger partial charge >= 0.3 is 0 Å². The molecule has 1 atom stereocenters. The molecule has 4 nitrogen and oxygen atoms in total. The Bertz CT molecular complexity index is 1170. The molecule has 0 unspecified atom stereocenters. The van der Waals surface area contributed by atoms with Crippen LogP contribution in [0.25, 0.3) is 15.9 Å². The van der Waals surface area contributed by atoms with Gasteiger partial charge in [-0.15, -0.1) is 21.5 Å². The second-order valence-electron chi connectivity index (χ2n) is 7.88. The number of hydrogen-bond donors (Lipinski definition) is 0. The minimum atomic E-state index is 0.577. The molecule has 7 heteroatoms. The number of rotatable bonds is 7. The molecular weight excluding hydrogens is 428 g/mol. The van der Waals surface area contributed by atoms with Crippen LogP contribution in [0.1, 0.15) is 55.0 Å². The van der Waals surface area contributed by atoms with E-state index in [1.807, 2.05) is 23.1 Å². The van der Waals surface area contributed by atoms with Gasteiger partial charge in [0.1, 0.15) is 4.83 Å². The highest BCUT2D eigenvalue weighted by Crippen LogP contribution is 2.44. The largest absolute Gasteiger partial charge is 0.248 e. The van der Waals surface area contributed by atoms with Crippen LogP contribution in [0.3, 0.4) is 0 Å². The second kappa shape index (κ2) is 8.89. The van der Waals surface area contributed by atoms with Crippen molar-refractivity contribution in [3.63, 3.8) is 0 Å². The Morgan fingerprint density at radius 2 is 1.93 bits per heavy atom. The maximum absolute atomic E-state index is 5.13. The second-order valence-corrected chi connectivity index (χ2v) is 11.1. The molecule has 0 radical (unpaired) electrons. The SMILES string of the molecule is CCCSc1nc2sc3c(c2c2nnc(SCCc4ccccc4)n12)[C@@H](C)CCC3. The summed E-state index contributed by atoms with van der Waals surface area (Å²) in [4.78, 5) is 7.79. The fourth-order valence-corrected chi connectivity index (χ4v) is 7.43. The van der Waals surface area contributed by atoms with Crippen molar-refractivity contribution in [2.75, 3.05) is 11.5 Å². The van der Waals surface area contributed by atoms with Crippen LogP contribution >= 0.6 is 34.9 Å². The summed E-state index contributed by atoms with van der Waals surface area (Å²) < 4.78 is 2.23. The third kappa shape index (κ3) is 3.76. The topological polar surface area (TPSA) is 43.1 Å². The molecule has 30 heavy (non-hydrogen) atoms. The predicted molar refractivity (Wildman–Crippen MR) is 129 cm³/mol. The summed E-state index contributed by atoms with van der Waals surface area (Å²) in [6, 6.07) is 10.7. The lowest BCUT2D eigenvalue weighted by atomic mass is 9.87. The number of benzene rings is 1. The van der Waals surface area contributed by atoms with Crippen LogP contribution in [0.2, 0.25) is 0 Å². The maximum atomic E-state index is 5.13. The molecular formula is C23H26N4S3. The van der Waals surface area contributed by atoms with Gasteiger partial charge in [-0.3, -0.25) is 0 Å². The van der Waals surface area contributed by atoms with E-state index in [1.165, 1.54) is 40.7 Å². The van der Waals surface area contributed by atoms with E-state index in [2.05, 4.69) is 53.7 Å². The Morgan fingerprint density at radius 3 is 2.77 bits per heavy atom. The van der Waals surface area contributed by atoms with Gasteiger partial charge in [0.2, 0.25) is 0 Å². The molecule has 0 spiro atoms. The minimum Gasteiger partial charge on any atom is -0.248 e. The minimum absolute atomic E-state index is 0.577. The Morgan fingerprint density at radius 1 is 1.10 bits per heavy atom. The molecule has 3 aromatic heterocycles. The third-order valence-corrected chi connectivity index (χ3v) is 8.92. The number of thiophene rings is 1. The van der Waals surface area contributed by atoms with Gasteiger partial charge in [0.05, 0.1) is 5.39 Å². The summed E-state index contributed by atoms with van der Waals surface area (Å²) in [5, 5.41) is 12.6. The van der Waals surface area contributed by atoms with Crippen LogP contribution in [0, 0.1) is 0 Å². The highest BCUT2D eigenvalue weighted by atomic mass is 32.2. The van der Waals surface area contributed by atoms with Crippen molar-refractivity contribution in [2.24, 2.45) is 0 Å². The lowest BCUT2D eigenvalue weighted by Gasteiger charge is -2.18. The molecule has 0 amide bonds. The van der Waals surface area contributed by atoms with Crippen molar-refractivity contribution in [3.8, 4) is 0 Å². The average Bonchev–Trinajstić information content (AvgIpc) is 3.35. The monoisotopic (exact) mass is 454 g/mol. The summed E-state index contributed by atoms with van der Waals surface area (Å²) in [6.07, 6.45) is 5.87. The molecule has 1 aromatic carbocycles. The fraction of sp³-hybridized carbons (Fsp3) is 0.435. The van der Waals surface area contributed by atoms with Crippen molar-refractivity contribution in [3.05, 3.63) is 46.3 Å². The number of hydrogen-bond acceptors (Lipinski definition) is 6. The molecule has 0 saturated carbocycles.